The lowest BCUT2D eigenvalue weighted by Crippen LogP contribution is -2.48. The monoisotopic (exact) mass is 491 g/mol. The van der Waals surface area contributed by atoms with Gasteiger partial charge < -0.3 is 10.2 Å². The predicted octanol–water partition coefficient (Wildman–Crippen LogP) is 3.30. The summed E-state index contributed by atoms with van der Waals surface area (Å²) in [6, 6.07) is 8.80. The largest absolute Gasteiger partial charge is 0.330 e. The second-order valence-electron chi connectivity index (χ2n) is 8.79. The maximum absolute atomic E-state index is 13.9. The number of rotatable bonds is 5. The van der Waals surface area contributed by atoms with Gasteiger partial charge in [0.25, 0.3) is 0 Å². The molecule has 2 heterocycles. The molecular weight excluding hydrogens is 464 g/mol. The Bertz CT molecular complexity index is 1180. The van der Waals surface area contributed by atoms with E-state index in [1.165, 1.54) is 9.21 Å². The number of benzene rings is 2. The van der Waals surface area contributed by atoms with Crippen LogP contribution in [0.1, 0.15) is 31.2 Å². The highest BCUT2D eigenvalue weighted by molar-refractivity contribution is 7.89. The fourth-order valence-corrected chi connectivity index (χ4v) is 6.02. The van der Waals surface area contributed by atoms with Gasteiger partial charge in [-0.05, 0) is 56.9 Å². The molecule has 2 aliphatic heterocycles. The van der Waals surface area contributed by atoms with Crippen molar-refractivity contribution < 1.29 is 26.8 Å². The van der Waals surface area contributed by atoms with E-state index < -0.39 is 33.6 Å². The van der Waals surface area contributed by atoms with E-state index in [0.717, 1.165) is 17.7 Å². The average molecular weight is 492 g/mol. The van der Waals surface area contributed by atoms with Gasteiger partial charge in [0, 0.05) is 31.6 Å². The predicted molar refractivity (Wildman–Crippen MR) is 122 cm³/mol. The standard InChI is InChI=1S/C24H27F2N3O4S/c1-16-4-7-19(8-5-16)34(32,33)28-13-10-17(11-14-28)24(31)29-12-2-3-22(29)23(30)27-21-9-6-18(25)15-20(21)26/h4-9,15,17,22H,2-3,10-14H2,1H3,(H,27,30). The van der Waals surface area contributed by atoms with Crippen LogP contribution in [0.2, 0.25) is 0 Å². The Morgan fingerprint density at radius 2 is 1.65 bits per heavy atom. The molecule has 182 valence electrons. The lowest BCUT2D eigenvalue weighted by molar-refractivity contribution is -0.141. The summed E-state index contributed by atoms with van der Waals surface area (Å²) < 4.78 is 54.3. The van der Waals surface area contributed by atoms with Crippen molar-refractivity contribution in [1.29, 1.82) is 0 Å². The molecule has 10 heteroatoms. The van der Waals surface area contributed by atoms with Gasteiger partial charge in [0.2, 0.25) is 21.8 Å². The number of anilines is 1. The van der Waals surface area contributed by atoms with Crippen LogP contribution in [-0.4, -0.2) is 55.1 Å². The molecule has 4 rings (SSSR count). The van der Waals surface area contributed by atoms with Gasteiger partial charge >= 0.3 is 0 Å². The van der Waals surface area contributed by atoms with Crippen molar-refractivity contribution in [1.82, 2.24) is 9.21 Å². The van der Waals surface area contributed by atoms with Gasteiger partial charge in [0.05, 0.1) is 10.6 Å². The van der Waals surface area contributed by atoms with E-state index in [2.05, 4.69) is 5.32 Å². The third kappa shape index (κ3) is 4.97. The number of likely N-dealkylation sites (tertiary alicyclic amines) is 1. The Hall–Kier alpha value is -2.85. The van der Waals surface area contributed by atoms with Crippen molar-refractivity contribution >= 4 is 27.5 Å². The number of carbonyl (C=O) groups excluding carboxylic acids is 2. The third-order valence-electron chi connectivity index (χ3n) is 6.49. The molecule has 34 heavy (non-hydrogen) atoms. The first kappa shape index (κ1) is 24.3. The summed E-state index contributed by atoms with van der Waals surface area (Å²) in [5.74, 6) is -2.73. The summed E-state index contributed by atoms with van der Waals surface area (Å²) in [6.07, 6.45) is 1.81. The SMILES string of the molecule is Cc1ccc(S(=O)(=O)N2CCC(C(=O)N3CCCC3C(=O)Nc3ccc(F)cc3F)CC2)cc1. The molecule has 0 bridgehead atoms. The normalized spacial score (nSPS) is 19.9. The van der Waals surface area contributed by atoms with Gasteiger partial charge in [-0.25, -0.2) is 17.2 Å². The minimum Gasteiger partial charge on any atom is -0.330 e. The Morgan fingerprint density at radius 1 is 0.971 bits per heavy atom. The number of carbonyl (C=O) groups is 2. The van der Waals surface area contributed by atoms with Gasteiger partial charge in [-0.15, -0.1) is 0 Å². The molecule has 2 aromatic carbocycles. The molecule has 1 atom stereocenters. The molecule has 7 nitrogen and oxygen atoms in total. The lowest BCUT2D eigenvalue weighted by Gasteiger charge is -2.34. The number of hydrogen-bond donors (Lipinski definition) is 1. The molecule has 0 aliphatic carbocycles. The molecule has 1 N–H and O–H groups in total. The Kier molecular flexibility index (Phi) is 6.99. The maximum Gasteiger partial charge on any atom is 0.247 e. The minimum atomic E-state index is -3.63. The van der Waals surface area contributed by atoms with Crippen molar-refractivity contribution in [2.45, 2.75) is 43.5 Å². The highest BCUT2D eigenvalue weighted by Crippen LogP contribution is 2.29. The van der Waals surface area contributed by atoms with Crippen molar-refractivity contribution in [2.75, 3.05) is 25.0 Å². The van der Waals surface area contributed by atoms with Gasteiger partial charge in [0.15, 0.2) is 0 Å². The fraction of sp³-hybridized carbons (Fsp3) is 0.417. The Labute approximate surface area is 197 Å². The van der Waals surface area contributed by atoms with Crippen LogP contribution in [0.4, 0.5) is 14.5 Å². The van der Waals surface area contributed by atoms with Crippen LogP contribution in [0.5, 0.6) is 0 Å². The van der Waals surface area contributed by atoms with E-state index in [9.17, 15) is 26.8 Å². The zero-order valence-corrected chi connectivity index (χ0v) is 19.7. The van der Waals surface area contributed by atoms with Crippen molar-refractivity contribution in [3.05, 3.63) is 59.7 Å². The molecule has 2 fully saturated rings. The number of aryl methyl sites for hydroxylation is 1. The van der Waals surface area contributed by atoms with Crippen molar-refractivity contribution in [3.8, 4) is 0 Å². The van der Waals surface area contributed by atoms with Gasteiger partial charge in [-0.3, -0.25) is 9.59 Å². The van der Waals surface area contributed by atoms with Gasteiger partial charge in [0.1, 0.15) is 17.7 Å². The zero-order chi connectivity index (χ0) is 24.5. The smallest absolute Gasteiger partial charge is 0.247 e. The van der Waals surface area contributed by atoms with Crippen molar-refractivity contribution in [2.24, 2.45) is 5.92 Å². The first-order valence-electron chi connectivity index (χ1n) is 11.3. The molecule has 2 aliphatic rings. The second-order valence-corrected chi connectivity index (χ2v) is 10.7. The molecule has 0 radical (unpaired) electrons. The van der Waals surface area contributed by atoms with Crippen LogP contribution < -0.4 is 5.32 Å². The van der Waals surface area contributed by atoms with E-state index >= 15 is 0 Å². The van der Waals surface area contributed by atoms with Crippen LogP contribution in [0.25, 0.3) is 0 Å². The van der Waals surface area contributed by atoms with E-state index in [0.29, 0.717) is 38.3 Å². The van der Waals surface area contributed by atoms with Crippen LogP contribution in [0.15, 0.2) is 47.4 Å². The Balaban J connectivity index is 1.38. The topological polar surface area (TPSA) is 86.8 Å². The number of amides is 2. The summed E-state index contributed by atoms with van der Waals surface area (Å²) >= 11 is 0. The van der Waals surface area contributed by atoms with Crippen LogP contribution in [0, 0.1) is 24.5 Å². The maximum atomic E-state index is 13.9. The highest BCUT2D eigenvalue weighted by atomic mass is 32.2. The number of sulfonamides is 1. The van der Waals surface area contributed by atoms with E-state index in [4.69, 9.17) is 0 Å². The summed E-state index contributed by atoms with van der Waals surface area (Å²) in [5, 5.41) is 2.45. The molecular formula is C24H27F2N3O4S. The number of nitrogens with zero attached hydrogens (tertiary/aromatic N) is 2. The molecule has 1 unspecified atom stereocenters. The molecule has 2 amide bonds. The molecule has 0 saturated carbocycles. The van der Waals surface area contributed by atoms with Crippen molar-refractivity contribution in [3.63, 3.8) is 0 Å². The lowest BCUT2D eigenvalue weighted by atomic mass is 9.96. The minimum absolute atomic E-state index is 0.139. The third-order valence-corrected chi connectivity index (χ3v) is 8.40. The first-order chi connectivity index (χ1) is 16.2. The van der Waals surface area contributed by atoms with Gasteiger partial charge in [-0.2, -0.15) is 4.31 Å². The van der Waals surface area contributed by atoms with E-state index in [1.807, 2.05) is 6.92 Å². The molecule has 0 spiro atoms. The van der Waals surface area contributed by atoms with Crippen LogP contribution >= 0.6 is 0 Å². The van der Waals surface area contributed by atoms with Crippen LogP contribution in [-0.2, 0) is 19.6 Å². The summed E-state index contributed by atoms with van der Waals surface area (Å²) in [5.41, 5.74) is 0.829. The second kappa shape index (κ2) is 9.79. The van der Waals surface area contributed by atoms with Crippen LogP contribution in [0.3, 0.4) is 0 Å². The zero-order valence-electron chi connectivity index (χ0n) is 18.8. The number of halogens is 2. The van der Waals surface area contributed by atoms with E-state index in [1.54, 1.807) is 24.3 Å². The molecule has 2 aromatic rings. The summed E-state index contributed by atoms with van der Waals surface area (Å²) in [6.45, 7) is 2.73. The first-order valence-corrected chi connectivity index (χ1v) is 12.7. The van der Waals surface area contributed by atoms with E-state index in [-0.39, 0.29) is 35.5 Å². The Morgan fingerprint density at radius 3 is 2.29 bits per heavy atom. The summed E-state index contributed by atoms with van der Waals surface area (Å²) in [4.78, 5) is 27.7. The average Bonchev–Trinajstić information content (AvgIpc) is 3.31. The number of hydrogen-bond acceptors (Lipinski definition) is 4. The number of nitrogens with one attached hydrogen (secondary N) is 1. The molecule has 2 saturated heterocycles. The highest BCUT2D eigenvalue weighted by Gasteiger charge is 2.39. The quantitative estimate of drug-likeness (QED) is 0.695. The van der Waals surface area contributed by atoms with Gasteiger partial charge in [-0.1, -0.05) is 17.7 Å². The molecule has 0 aromatic heterocycles. The fourth-order valence-electron chi connectivity index (χ4n) is 4.55. The number of piperidine rings is 1. The summed E-state index contributed by atoms with van der Waals surface area (Å²) in [7, 11) is -3.63.